The molecule has 0 aromatic heterocycles. The van der Waals surface area contributed by atoms with Gasteiger partial charge in [-0.15, -0.1) is 0 Å². The lowest BCUT2D eigenvalue weighted by Gasteiger charge is -2.26. The highest BCUT2D eigenvalue weighted by Crippen LogP contribution is 2.48. The molecule has 1 saturated carbocycles. The van der Waals surface area contributed by atoms with E-state index >= 15 is 0 Å². The molecule has 1 aliphatic carbocycles. The van der Waals surface area contributed by atoms with Crippen molar-refractivity contribution < 1.29 is 5.21 Å². The van der Waals surface area contributed by atoms with Crippen molar-refractivity contribution in [1.82, 2.24) is 5.32 Å². The van der Waals surface area contributed by atoms with Crippen LogP contribution in [0.5, 0.6) is 0 Å². The molecule has 0 radical (unpaired) electrons. The number of nitrogens with zero attached hydrogens (tertiary/aromatic N) is 1. The molecule has 4 N–H and O–H groups in total. The SMILES string of the molecule is CC(C)C(CNCC1(CC(N)=NO)CC1)C(C)C. The van der Waals surface area contributed by atoms with E-state index in [9.17, 15) is 0 Å². The summed E-state index contributed by atoms with van der Waals surface area (Å²) < 4.78 is 0. The van der Waals surface area contributed by atoms with E-state index in [1.165, 1.54) is 12.8 Å². The van der Waals surface area contributed by atoms with E-state index in [0.29, 0.717) is 30.0 Å². The second kappa shape index (κ2) is 6.41. The number of oxime groups is 1. The Morgan fingerprint density at radius 3 is 2.22 bits per heavy atom. The van der Waals surface area contributed by atoms with Crippen LogP contribution < -0.4 is 11.1 Å². The Labute approximate surface area is 111 Å². The van der Waals surface area contributed by atoms with E-state index < -0.39 is 0 Å². The molecule has 0 spiro atoms. The summed E-state index contributed by atoms with van der Waals surface area (Å²) in [6, 6.07) is 0. The molecular formula is C14H29N3O. The average Bonchev–Trinajstić information content (AvgIpc) is 3.03. The van der Waals surface area contributed by atoms with Crippen molar-refractivity contribution in [3.05, 3.63) is 0 Å². The van der Waals surface area contributed by atoms with Gasteiger partial charge in [0.05, 0.1) is 0 Å². The number of hydrogen-bond acceptors (Lipinski definition) is 3. The van der Waals surface area contributed by atoms with Crippen LogP contribution in [0, 0.1) is 23.2 Å². The summed E-state index contributed by atoms with van der Waals surface area (Å²) in [4.78, 5) is 0. The highest BCUT2D eigenvalue weighted by molar-refractivity contribution is 5.80. The highest BCUT2D eigenvalue weighted by atomic mass is 16.4. The molecule has 0 aliphatic heterocycles. The van der Waals surface area contributed by atoms with Crippen LogP contribution in [0.1, 0.15) is 47.0 Å². The number of nitrogens with two attached hydrogens (primary N) is 1. The Hall–Kier alpha value is -0.770. The molecule has 0 heterocycles. The molecule has 1 fully saturated rings. The zero-order valence-corrected chi connectivity index (χ0v) is 12.2. The number of nitrogens with one attached hydrogen (secondary N) is 1. The second-order valence-corrected chi connectivity index (χ2v) is 6.55. The van der Waals surface area contributed by atoms with Crippen molar-refractivity contribution in [3.63, 3.8) is 0 Å². The van der Waals surface area contributed by atoms with E-state index in [0.717, 1.165) is 13.1 Å². The molecule has 0 aromatic rings. The minimum atomic E-state index is 0.259. The number of amidine groups is 1. The van der Waals surface area contributed by atoms with Gasteiger partial charge in [0.2, 0.25) is 0 Å². The molecule has 0 aromatic carbocycles. The first-order chi connectivity index (χ1) is 8.40. The van der Waals surface area contributed by atoms with Crippen LogP contribution in [0.3, 0.4) is 0 Å². The Balaban J connectivity index is 2.33. The third kappa shape index (κ3) is 4.48. The molecule has 18 heavy (non-hydrogen) atoms. The van der Waals surface area contributed by atoms with E-state index in [1.54, 1.807) is 0 Å². The van der Waals surface area contributed by atoms with E-state index in [4.69, 9.17) is 10.9 Å². The lowest BCUT2D eigenvalue weighted by atomic mass is 9.85. The van der Waals surface area contributed by atoms with Gasteiger partial charge in [0.15, 0.2) is 0 Å². The van der Waals surface area contributed by atoms with Gasteiger partial charge in [0.25, 0.3) is 0 Å². The predicted octanol–water partition coefficient (Wildman–Crippen LogP) is 2.42. The standard InChI is InChI=1S/C14H29N3O/c1-10(2)12(11(3)4)8-16-9-14(5-6-14)7-13(15)17-18/h10-12,16,18H,5-9H2,1-4H3,(H2,15,17). The number of rotatable bonds is 8. The minimum absolute atomic E-state index is 0.259. The molecule has 1 rings (SSSR count). The molecule has 1 aliphatic rings. The maximum atomic E-state index is 8.63. The smallest absolute Gasteiger partial charge is 0.139 e. The summed E-state index contributed by atoms with van der Waals surface area (Å²) in [6.07, 6.45) is 3.08. The van der Waals surface area contributed by atoms with Gasteiger partial charge in [-0.3, -0.25) is 0 Å². The van der Waals surface area contributed by atoms with Gasteiger partial charge in [-0.1, -0.05) is 32.9 Å². The van der Waals surface area contributed by atoms with Crippen molar-refractivity contribution in [3.8, 4) is 0 Å². The molecule has 0 unspecified atom stereocenters. The summed E-state index contributed by atoms with van der Waals surface area (Å²) in [5, 5.41) is 15.3. The Morgan fingerprint density at radius 2 is 1.83 bits per heavy atom. The maximum Gasteiger partial charge on any atom is 0.139 e. The molecule has 4 nitrogen and oxygen atoms in total. The first kappa shape index (κ1) is 15.3. The fourth-order valence-corrected chi connectivity index (χ4v) is 2.76. The van der Waals surface area contributed by atoms with Crippen LogP contribution in [0.2, 0.25) is 0 Å². The molecule has 0 atom stereocenters. The van der Waals surface area contributed by atoms with E-state index in [2.05, 4.69) is 38.2 Å². The summed E-state index contributed by atoms with van der Waals surface area (Å²) in [5.74, 6) is 2.48. The third-order valence-electron chi connectivity index (χ3n) is 4.23. The molecule has 0 bridgehead atoms. The fraction of sp³-hybridized carbons (Fsp3) is 0.929. The van der Waals surface area contributed by atoms with Gasteiger partial charge in [0.1, 0.15) is 5.84 Å². The van der Waals surface area contributed by atoms with Crippen molar-refractivity contribution in [1.29, 1.82) is 0 Å². The van der Waals surface area contributed by atoms with Gasteiger partial charge in [-0.05, 0) is 42.6 Å². The zero-order chi connectivity index (χ0) is 13.8. The third-order valence-corrected chi connectivity index (χ3v) is 4.23. The van der Waals surface area contributed by atoms with Crippen LogP contribution in [-0.2, 0) is 0 Å². The van der Waals surface area contributed by atoms with Crippen LogP contribution in [-0.4, -0.2) is 24.1 Å². The van der Waals surface area contributed by atoms with Crippen LogP contribution in [0.25, 0.3) is 0 Å². The van der Waals surface area contributed by atoms with Crippen LogP contribution in [0.15, 0.2) is 5.16 Å². The minimum Gasteiger partial charge on any atom is -0.409 e. The molecule has 4 heteroatoms. The number of hydrogen-bond donors (Lipinski definition) is 3. The summed E-state index contributed by atoms with van der Waals surface area (Å²) in [5.41, 5.74) is 5.86. The zero-order valence-electron chi connectivity index (χ0n) is 12.2. The monoisotopic (exact) mass is 255 g/mol. The second-order valence-electron chi connectivity index (χ2n) is 6.55. The Bertz CT molecular complexity index is 275. The van der Waals surface area contributed by atoms with Crippen LogP contribution >= 0.6 is 0 Å². The maximum absolute atomic E-state index is 8.63. The molecular weight excluding hydrogens is 226 g/mol. The summed E-state index contributed by atoms with van der Waals surface area (Å²) in [7, 11) is 0. The largest absolute Gasteiger partial charge is 0.409 e. The van der Waals surface area contributed by atoms with Gasteiger partial charge in [0, 0.05) is 13.0 Å². The summed E-state index contributed by atoms with van der Waals surface area (Å²) in [6.45, 7) is 11.2. The Kier molecular flexibility index (Phi) is 5.45. The fourth-order valence-electron chi connectivity index (χ4n) is 2.76. The highest BCUT2D eigenvalue weighted by Gasteiger charge is 2.43. The first-order valence-electron chi connectivity index (χ1n) is 7.07. The lowest BCUT2D eigenvalue weighted by molar-refractivity contribution is 0.268. The van der Waals surface area contributed by atoms with Gasteiger partial charge in [-0.25, -0.2) is 0 Å². The topological polar surface area (TPSA) is 70.6 Å². The Morgan fingerprint density at radius 1 is 1.28 bits per heavy atom. The van der Waals surface area contributed by atoms with Crippen molar-refractivity contribution in [2.24, 2.45) is 34.1 Å². The van der Waals surface area contributed by atoms with Gasteiger partial charge < -0.3 is 16.3 Å². The van der Waals surface area contributed by atoms with E-state index in [-0.39, 0.29) is 5.41 Å². The molecule has 0 amide bonds. The van der Waals surface area contributed by atoms with Gasteiger partial charge in [-0.2, -0.15) is 0 Å². The van der Waals surface area contributed by atoms with E-state index in [1.807, 2.05) is 0 Å². The first-order valence-corrected chi connectivity index (χ1v) is 7.07. The lowest BCUT2D eigenvalue weighted by Crippen LogP contribution is -2.34. The average molecular weight is 255 g/mol. The van der Waals surface area contributed by atoms with Crippen molar-refractivity contribution in [2.75, 3.05) is 13.1 Å². The van der Waals surface area contributed by atoms with Crippen molar-refractivity contribution in [2.45, 2.75) is 47.0 Å². The summed E-state index contributed by atoms with van der Waals surface area (Å²) >= 11 is 0. The van der Waals surface area contributed by atoms with Crippen molar-refractivity contribution >= 4 is 5.84 Å². The predicted molar refractivity (Wildman–Crippen MR) is 75.7 cm³/mol. The van der Waals surface area contributed by atoms with Crippen LogP contribution in [0.4, 0.5) is 0 Å². The molecule has 0 saturated heterocycles. The van der Waals surface area contributed by atoms with Gasteiger partial charge >= 0.3 is 0 Å². The normalized spacial score (nSPS) is 18.9. The molecule has 106 valence electrons. The quantitative estimate of drug-likeness (QED) is 0.270.